The number of nitrogens with zero attached hydrogens (tertiary/aromatic N) is 5. The fourth-order valence-corrected chi connectivity index (χ4v) is 3.40. The van der Waals surface area contributed by atoms with E-state index in [9.17, 15) is 4.79 Å². The van der Waals surface area contributed by atoms with Crippen LogP contribution in [0, 0.1) is 0 Å². The summed E-state index contributed by atoms with van der Waals surface area (Å²) in [5.41, 5.74) is 1.98. The molecule has 2 aromatic heterocycles. The van der Waals surface area contributed by atoms with Crippen LogP contribution >= 0.6 is 0 Å². The van der Waals surface area contributed by atoms with Crippen LogP contribution in [0.25, 0.3) is 0 Å². The Morgan fingerprint density at radius 3 is 2.88 bits per heavy atom. The highest BCUT2D eigenvalue weighted by Gasteiger charge is 2.40. The van der Waals surface area contributed by atoms with Crippen LogP contribution in [0.15, 0.2) is 41.2 Å². The van der Waals surface area contributed by atoms with Gasteiger partial charge in [-0.15, -0.1) is 0 Å². The van der Waals surface area contributed by atoms with Gasteiger partial charge in [0.2, 0.25) is 5.89 Å². The first-order chi connectivity index (χ1) is 12.2. The van der Waals surface area contributed by atoms with Crippen molar-refractivity contribution in [1.29, 1.82) is 0 Å². The van der Waals surface area contributed by atoms with Crippen LogP contribution in [0.3, 0.4) is 0 Å². The second kappa shape index (κ2) is 5.27. The number of rotatable bonds is 3. The van der Waals surface area contributed by atoms with Crippen LogP contribution in [-0.2, 0) is 13.5 Å². The minimum Gasteiger partial charge on any atom is -0.337 e. The summed E-state index contributed by atoms with van der Waals surface area (Å²) in [5.74, 6) is 1.91. The summed E-state index contributed by atoms with van der Waals surface area (Å²) < 4.78 is 7.25. The predicted octanol–water partition coefficient (Wildman–Crippen LogP) is 2.62. The largest absolute Gasteiger partial charge is 0.337 e. The SMILES string of the molecule is Cn1ccnc1C(=O)N1c2ccccc2CC1c1nc(C2CC2)no1. The van der Waals surface area contributed by atoms with E-state index in [4.69, 9.17) is 4.52 Å². The molecule has 1 atom stereocenters. The van der Waals surface area contributed by atoms with E-state index in [-0.39, 0.29) is 11.9 Å². The van der Waals surface area contributed by atoms with Gasteiger partial charge < -0.3 is 9.09 Å². The van der Waals surface area contributed by atoms with Gasteiger partial charge in [0.25, 0.3) is 5.91 Å². The van der Waals surface area contributed by atoms with E-state index in [1.807, 2.05) is 31.3 Å². The summed E-state index contributed by atoms with van der Waals surface area (Å²) in [6.07, 6.45) is 6.28. The predicted molar refractivity (Wildman–Crippen MR) is 89.2 cm³/mol. The van der Waals surface area contributed by atoms with Crippen molar-refractivity contribution in [2.24, 2.45) is 7.05 Å². The van der Waals surface area contributed by atoms with Gasteiger partial charge >= 0.3 is 0 Å². The molecule has 126 valence electrons. The second-order valence-electron chi connectivity index (χ2n) is 6.65. The zero-order valence-electron chi connectivity index (χ0n) is 13.8. The molecule has 1 fully saturated rings. The van der Waals surface area contributed by atoms with Gasteiger partial charge in [0, 0.05) is 37.5 Å². The Labute approximate surface area is 144 Å². The topological polar surface area (TPSA) is 77.1 Å². The standard InChI is InChI=1S/C18H17N5O2/c1-22-9-8-19-16(22)18(24)23-13-5-3-2-4-12(13)10-14(23)17-20-15(21-25-17)11-6-7-11/h2-5,8-9,11,14H,6-7,10H2,1H3. The van der Waals surface area contributed by atoms with Crippen LogP contribution in [0.5, 0.6) is 0 Å². The molecule has 0 saturated heterocycles. The zero-order valence-corrected chi connectivity index (χ0v) is 13.8. The Balaban J connectivity index is 1.57. The summed E-state index contributed by atoms with van der Waals surface area (Å²) in [7, 11) is 1.81. The lowest BCUT2D eigenvalue weighted by molar-refractivity contribution is 0.0961. The summed E-state index contributed by atoms with van der Waals surface area (Å²) in [5, 5.41) is 4.11. The number of carbonyl (C=O) groups excluding carboxylic acids is 1. The number of aryl methyl sites for hydroxylation is 1. The van der Waals surface area contributed by atoms with Gasteiger partial charge in [-0.3, -0.25) is 9.69 Å². The van der Waals surface area contributed by atoms with Crippen LogP contribution in [0.2, 0.25) is 0 Å². The van der Waals surface area contributed by atoms with Crippen molar-refractivity contribution in [2.45, 2.75) is 31.2 Å². The van der Waals surface area contributed by atoms with Gasteiger partial charge in [0.1, 0.15) is 6.04 Å². The molecule has 3 heterocycles. The quantitative estimate of drug-likeness (QED) is 0.735. The fourth-order valence-electron chi connectivity index (χ4n) is 3.40. The number of carbonyl (C=O) groups is 1. The van der Waals surface area contributed by atoms with E-state index in [0.717, 1.165) is 29.9 Å². The number of hydrogen-bond acceptors (Lipinski definition) is 5. The second-order valence-corrected chi connectivity index (χ2v) is 6.65. The molecule has 1 unspecified atom stereocenters. The highest BCUT2D eigenvalue weighted by atomic mass is 16.5. The van der Waals surface area contributed by atoms with Crippen molar-refractivity contribution in [2.75, 3.05) is 4.90 Å². The lowest BCUT2D eigenvalue weighted by Gasteiger charge is -2.22. The monoisotopic (exact) mass is 335 g/mol. The minimum absolute atomic E-state index is 0.159. The molecular formula is C18H17N5O2. The van der Waals surface area contributed by atoms with E-state index in [2.05, 4.69) is 15.1 Å². The number of aromatic nitrogens is 4. The molecule has 2 aliphatic rings. The number of anilines is 1. The van der Waals surface area contributed by atoms with Gasteiger partial charge in [0.15, 0.2) is 11.6 Å². The van der Waals surface area contributed by atoms with Crippen LogP contribution in [0.1, 0.15) is 52.7 Å². The van der Waals surface area contributed by atoms with Crippen molar-refractivity contribution in [3.63, 3.8) is 0 Å². The highest BCUT2D eigenvalue weighted by Crippen LogP contribution is 2.42. The third-order valence-electron chi connectivity index (χ3n) is 4.89. The van der Waals surface area contributed by atoms with Gasteiger partial charge in [0.05, 0.1) is 0 Å². The Bertz CT molecular complexity index is 956. The Hall–Kier alpha value is -2.96. The molecular weight excluding hydrogens is 318 g/mol. The third kappa shape index (κ3) is 2.26. The first-order valence-electron chi connectivity index (χ1n) is 8.44. The Kier molecular flexibility index (Phi) is 3.03. The molecule has 7 heteroatoms. The average molecular weight is 335 g/mol. The molecule has 1 aliphatic carbocycles. The molecule has 25 heavy (non-hydrogen) atoms. The minimum atomic E-state index is -0.290. The first kappa shape index (κ1) is 14.4. The van der Waals surface area contributed by atoms with E-state index < -0.39 is 0 Å². The summed E-state index contributed by atoms with van der Waals surface area (Å²) in [4.78, 5) is 23.7. The van der Waals surface area contributed by atoms with Gasteiger partial charge in [-0.1, -0.05) is 23.4 Å². The number of benzene rings is 1. The molecule has 0 radical (unpaired) electrons. The number of para-hydroxylation sites is 1. The molecule has 1 aliphatic heterocycles. The fraction of sp³-hybridized carbons (Fsp3) is 0.333. The third-order valence-corrected chi connectivity index (χ3v) is 4.89. The molecule has 5 rings (SSSR count). The van der Waals surface area contributed by atoms with Gasteiger partial charge in [-0.05, 0) is 24.5 Å². The number of hydrogen-bond donors (Lipinski definition) is 0. The average Bonchev–Trinajstić information content (AvgIpc) is 3.06. The summed E-state index contributed by atoms with van der Waals surface area (Å²) >= 11 is 0. The number of fused-ring (bicyclic) bond motifs is 1. The van der Waals surface area contributed by atoms with Gasteiger partial charge in [-0.25, -0.2) is 4.98 Å². The van der Waals surface area contributed by atoms with Crippen molar-refractivity contribution >= 4 is 11.6 Å². The summed E-state index contributed by atoms with van der Waals surface area (Å²) in [6.45, 7) is 0. The maximum Gasteiger partial charge on any atom is 0.295 e. The molecule has 1 aromatic carbocycles. The lowest BCUT2D eigenvalue weighted by Crippen LogP contribution is -2.34. The van der Waals surface area contributed by atoms with E-state index in [0.29, 0.717) is 24.1 Å². The maximum absolute atomic E-state index is 13.2. The molecule has 1 saturated carbocycles. The van der Waals surface area contributed by atoms with Crippen LogP contribution in [0.4, 0.5) is 5.69 Å². The molecule has 1 amide bonds. The van der Waals surface area contributed by atoms with Crippen molar-refractivity contribution in [3.8, 4) is 0 Å². The molecule has 0 bridgehead atoms. The Morgan fingerprint density at radius 1 is 1.28 bits per heavy atom. The first-order valence-corrected chi connectivity index (χ1v) is 8.44. The highest BCUT2D eigenvalue weighted by molar-refractivity contribution is 6.05. The van der Waals surface area contributed by atoms with Crippen LogP contribution < -0.4 is 4.90 Å². The van der Waals surface area contributed by atoms with E-state index >= 15 is 0 Å². The van der Waals surface area contributed by atoms with Crippen molar-refractivity contribution in [3.05, 3.63) is 59.8 Å². The van der Waals surface area contributed by atoms with Crippen molar-refractivity contribution < 1.29 is 9.32 Å². The lowest BCUT2D eigenvalue weighted by atomic mass is 10.1. The molecule has 3 aromatic rings. The Morgan fingerprint density at radius 2 is 2.12 bits per heavy atom. The molecule has 7 nitrogen and oxygen atoms in total. The number of amides is 1. The maximum atomic E-state index is 13.2. The smallest absolute Gasteiger partial charge is 0.295 e. The normalized spacial score (nSPS) is 19.2. The van der Waals surface area contributed by atoms with Crippen LogP contribution in [-0.4, -0.2) is 25.6 Å². The summed E-state index contributed by atoms with van der Waals surface area (Å²) in [6, 6.07) is 7.61. The van der Waals surface area contributed by atoms with E-state index in [1.165, 1.54) is 0 Å². The molecule has 0 spiro atoms. The van der Waals surface area contributed by atoms with E-state index in [1.54, 1.807) is 21.9 Å². The number of imidazole rings is 1. The van der Waals surface area contributed by atoms with Gasteiger partial charge in [-0.2, -0.15) is 4.98 Å². The molecule has 0 N–H and O–H groups in total. The zero-order chi connectivity index (χ0) is 17.0. The van der Waals surface area contributed by atoms with Crippen molar-refractivity contribution in [1.82, 2.24) is 19.7 Å².